The molecule has 7 atom stereocenters. The van der Waals surface area contributed by atoms with E-state index in [1.807, 2.05) is 12.3 Å². The SMILES string of the molecule is C=CCOC(=O)C1=C(COC(=O)NS(=O)(=O)OC[C@H]2O[C@@H](n3cnc4c(N)ncnc43)[C@H](O[Si](C)(C)C(C)(C)C)[C@@H]2C)CS(=O)[C@@H]2[C@H](CC(=O)Cc3cccs3)C(=O)N12. The Morgan fingerprint density at radius 1 is 1.20 bits per heavy atom. The van der Waals surface area contributed by atoms with Crippen LogP contribution in [0.15, 0.2) is 54.1 Å². The van der Waals surface area contributed by atoms with Gasteiger partial charge in [-0.15, -0.1) is 11.3 Å². The smallest absolute Gasteiger partial charge is 0.423 e. The van der Waals surface area contributed by atoms with E-state index in [4.69, 9.17) is 28.6 Å². The van der Waals surface area contributed by atoms with E-state index in [2.05, 4.69) is 55.4 Å². The van der Waals surface area contributed by atoms with Gasteiger partial charge < -0.3 is 24.4 Å². The number of β-lactam (4-membered cyclic amide) rings is 1. The highest BCUT2D eigenvalue weighted by Crippen LogP contribution is 2.45. The van der Waals surface area contributed by atoms with Crippen molar-refractivity contribution in [2.45, 2.75) is 82.5 Å². The summed E-state index contributed by atoms with van der Waals surface area (Å²) >= 11 is 1.40. The van der Waals surface area contributed by atoms with Crippen molar-refractivity contribution in [3.63, 3.8) is 0 Å². The molecule has 3 aliphatic rings. The zero-order chi connectivity index (χ0) is 43.0. The number of hydrogen-bond donors (Lipinski definition) is 2. The van der Waals surface area contributed by atoms with Crippen LogP contribution in [0.2, 0.25) is 18.1 Å². The molecule has 3 N–H and O–H groups in total. The number of nitrogens with one attached hydrogen (secondary N) is 1. The fraction of sp³-hybridized carbons (Fsp3) is 0.528. The van der Waals surface area contributed by atoms with Crippen LogP contribution in [0.1, 0.15) is 45.2 Å². The quantitative estimate of drug-likeness (QED) is 0.0907. The fourth-order valence-corrected chi connectivity index (χ4v) is 11.2. The highest BCUT2D eigenvalue weighted by atomic mass is 32.2. The Hall–Kier alpha value is -4.39. The molecule has 6 heterocycles. The van der Waals surface area contributed by atoms with E-state index in [1.165, 1.54) is 30.1 Å². The summed E-state index contributed by atoms with van der Waals surface area (Å²) in [5.74, 6) is -3.33. The Kier molecular flexibility index (Phi) is 12.9. The second-order valence-corrected chi connectivity index (χ2v) is 24.5. The number of nitrogen functional groups attached to an aromatic ring is 1. The number of aromatic nitrogens is 4. The summed E-state index contributed by atoms with van der Waals surface area (Å²) < 4.78 is 71.6. The molecule has 1 unspecified atom stereocenters. The van der Waals surface area contributed by atoms with Crippen molar-refractivity contribution in [2.75, 3.05) is 31.3 Å². The van der Waals surface area contributed by atoms with Gasteiger partial charge in [-0.25, -0.2) is 24.5 Å². The third kappa shape index (κ3) is 9.34. The lowest BCUT2D eigenvalue weighted by Gasteiger charge is -2.49. The number of carbonyl (C=O) groups excluding carboxylic acids is 4. The molecule has 2 fully saturated rings. The van der Waals surface area contributed by atoms with Gasteiger partial charge in [0.1, 0.15) is 41.9 Å². The fourth-order valence-electron chi connectivity index (χ4n) is 6.70. The average molecular weight is 894 g/mol. The first kappa shape index (κ1) is 44.2. The topological polar surface area (TPSA) is 251 Å². The van der Waals surface area contributed by atoms with Crippen molar-refractivity contribution in [1.29, 1.82) is 0 Å². The summed E-state index contributed by atoms with van der Waals surface area (Å²) in [5, 5.41) is 0.657. The number of imidazole rings is 1. The first-order valence-electron chi connectivity index (χ1n) is 18.6. The van der Waals surface area contributed by atoms with Gasteiger partial charge in [-0.05, 0) is 29.6 Å². The maximum atomic E-state index is 13.4. The van der Waals surface area contributed by atoms with Gasteiger partial charge in [0.2, 0.25) is 5.91 Å². The van der Waals surface area contributed by atoms with E-state index >= 15 is 0 Å². The highest BCUT2D eigenvalue weighted by molar-refractivity contribution is 7.86. The maximum absolute atomic E-state index is 13.4. The lowest BCUT2D eigenvalue weighted by molar-refractivity contribution is -0.155. The Bertz CT molecular complexity index is 2290. The van der Waals surface area contributed by atoms with Crippen LogP contribution in [-0.4, -0.2) is 112 Å². The summed E-state index contributed by atoms with van der Waals surface area (Å²) in [7, 11) is -9.05. The molecule has 0 radical (unpaired) electrons. The van der Waals surface area contributed by atoms with Crippen LogP contribution >= 0.6 is 11.3 Å². The summed E-state index contributed by atoms with van der Waals surface area (Å²) in [6.45, 7) is 14.3. The molecule has 2 amide bonds. The third-order valence-corrected chi connectivity index (χ3v) is 18.7. The number of nitrogens with zero attached hydrogens (tertiary/aromatic N) is 5. The normalized spacial score (nSPS) is 24.7. The van der Waals surface area contributed by atoms with Gasteiger partial charge in [-0.1, -0.05) is 46.4 Å². The number of nitrogens with two attached hydrogens (primary N) is 1. The number of amides is 2. The Morgan fingerprint density at radius 3 is 2.63 bits per heavy atom. The molecule has 0 bridgehead atoms. The lowest BCUT2D eigenvalue weighted by atomic mass is 9.89. The minimum absolute atomic E-state index is 0.0510. The predicted molar refractivity (Wildman–Crippen MR) is 217 cm³/mol. The predicted octanol–water partition coefficient (Wildman–Crippen LogP) is 3.11. The van der Waals surface area contributed by atoms with Crippen LogP contribution in [0, 0.1) is 11.8 Å². The minimum atomic E-state index is -4.81. The van der Waals surface area contributed by atoms with Gasteiger partial charge in [0.25, 0.3) is 0 Å². The molecule has 0 spiro atoms. The number of esters is 1. The molecule has 2 saturated heterocycles. The van der Waals surface area contributed by atoms with E-state index in [9.17, 15) is 31.8 Å². The molecule has 0 aromatic carbocycles. The molecule has 6 rings (SSSR count). The number of fused-ring (bicyclic) bond motifs is 2. The number of Topliss-reactive ketones (excluding diaryl/α,β-unsaturated/α-hetero) is 1. The third-order valence-electron chi connectivity index (χ3n) is 10.8. The number of carbonyl (C=O) groups is 4. The van der Waals surface area contributed by atoms with Crippen molar-refractivity contribution >= 4 is 81.5 Å². The average Bonchev–Trinajstić information content (AvgIpc) is 3.90. The molecular weight excluding hydrogens is 847 g/mol. The molecule has 0 aliphatic carbocycles. The van der Waals surface area contributed by atoms with Crippen LogP contribution in [0.3, 0.4) is 0 Å². The number of ether oxygens (including phenoxy) is 3. The molecule has 23 heteroatoms. The standard InChI is InChI=1S/C36H47N7O12S3Si/c1-8-11-51-34(46)27-21(17-57(48)33-24(31(45)43(27)33)14-22(44)13-23-10-9-12-56-23)15-52-35(47)41-58(49,50)53-16-25-20(2)28(55-59(6,7)36(3,4)5)32(54-25)42-19-40-26-29(37)38-18-39-30(26)42/h8-10,12,18-20,24-25,28,32-33H,1,11,13-17H2,2-7H3,(H,41,47)(H2,37,38,39)/t20-,24-,25-,28-,32-,33-,57?/m1/s1. The summed E-state index contributed by atoms with van der Waals surface area (Å²) in [4.78, 5) is 66.7. The minimum Gasteiger partial charge on any atom is -0.457 e. The van der Waals surface area contributed by atoms with E-state index in [-0.39, 0.29) is 53.1 Å². The van der Waals surface area contributed by atoms with E-state index in [0.29, 0.717) is 11.2 Å². The van der Waals surface area contributed by atoms with Crippen LogP contribution in [0.5, 0.6) is 0 Å². The first-order valence-corrected chi connectivity index (χ1v) is 25.2. The molecule has 19 nitrogen and oxygen atoms in total. The molecular formula is C36H47N7O12S3Si. The highest BCUT2D eigenvalue weighted by Gasteiger charge is 2.57. The maximum Gasteiger partial charge on any atom is 0.423 e. The summed E-state index contributed by atoms with van der Waals surface area (Å²) in [6.07, 6.45) is 0.293. The zero-order valence-corrected chi connectivity index (χ0v) is 36.8. The second kappa shape index (κ2) is 17.3. The second-order valence-electron chi connectivity index (χ2n) is 15.8. The Balaban J connectivity index is 1.12. The van der Waals surface area contributed by atoms with Gasteiger partial charge in [0, 0.05) is 40.0 Å². The number of ketones is 1. The van der Waals surface area contributed by atoms with E-state index < -0.39 is 96.3 Å². The van der Waals surface area contributed by atoms with Crippen molar-refractivity contribution in [3.05, 3.63) is 59.0 Å². The monoisotopic (exact) mass is 893 g/mol. The van der Waals surface area contributed by atoms with Gasteiger partial charge in [-0.3, -0.25) is 27.4 Å². The van der Waals surface area contributed by atoms with Gasteiger partial charge in [0.05, 0.1) is 36.8 Å². The zero-order valence-electron chi connectivity index (χ0n) is 33.3. The number of anilines is 1. The van der Waals surface area contributed by atoms with Crippen molar-refractivity contribution in [2.24, 2.45) is 11.8 Å². The number of hydrogen-bond acceptors (Lipinski definition) is 17. The largest absolute Gasteiger partial charge is 0.457 e. The molecule has 320 valence electrons. The molecule has 3 aromatic rings. The first-order chi connectivity index (χ1) is 27.7. The van der Waals surface area contributed by atoms with Crippen LogP contribution < -0.4 is 10.5 Å². The van der Waals surface area contributed by atoms with Crippen LogP contribution in [0.25, 0.3) is 11.2 Å². The Labute approximate surface area is 348 Å². The summed E-state index contributed by atoms with van der Waals surface area (Å²) in [5.41, 5.74) is 6.42. The number of thiophene rings is 1. The van der Waals surface area contributed by atoms with Crippen LogP contribution in [-0.2, 0) is 64.7 Å². The lowest BCUT2D eigenvalue weighted by Crippen LogP contribution is -2.66. The van der Waals surface area contributed by atoms with E-state index in [1.54, 1.807) is 21.4 Å². The van der Waals surface area contributed by atoms with Crippen molar-refractivity contribution in [3.8, 4) is 0 Å². The van der Waals surface area contributed by atoms with Gasteiger partial charge >= 0.3 is 22.4 Å². The molecule has 3 aliphatic heterocycles. The van der Waals surface area contributed by atoms with Crippen LogP contribution in [0.4, 0.5) is 10.6 Å². The number of rotatable bonds is 16. The van der Waals surface area contributed by atoms with Crippen molar-refractivity contribution < 1.29 is 54.6 Å². The molecule has 59 heavy (non-hydrogen) atoms. The van der Waals surface area contributed by atoms with Gasteiger partial charge in [-0.2, -0.15) is 13.1 Å². The molecule has 3 aromatic heterocycles. The summed E-state index contributed by atoms with van der Waals surface area (Å²) in [6, 6.07) is 3.60. The van der Waals surface area contributed by atoms with E-state index in [0.717, 1.165) is 9.78 Å². The molecule has 0 saturated carbocycles. The van der Waals surface area contributed by atoms with Gasteiger partial charge in [0.15, 0.2) is 26.0 Å². The Morgan fingerprint density at radius 2 is 1.95 bits per heavy atom. The van der Waals surface area contributed by atoms with Crippen molar-refractivity contribution in [1.82, 2.24) is 29.1 Å².